The van der Waals surface area contributed by atoms with Gasteiger partial charge in [-0.2, -0.15) is 0 Å². The lowest BCUT2D eigenvalue weighted by atomic mass is 10.1. The predicted molar refractivity (Wildman–Crippen MR) is 76.3 cm³/mol. The number of carboxylic acid groups (broad SMARTS) is 1. The zero-order chi connectivity index (χ0) is 13.8. The first-order valence-electron chi connectivity index (χ1n) is 5.89. The molecule has 98 valence electrons. The highest BCUT2D eigenvalue weighted by molar-refractivity contribution is 7.10. The quantitative estimate of drug-likeness (QED) is 0.926. The van der Waals surface area contributed by atoms with Gasteiger partial charge >= 0.3 is 5.97 Å². The van der Waals surface area contributed by atoms with E-state index in [9.17, 15) is 4.79 Å². The number of rotatable bonds is 4. The van der Waals surface area contributed by atoms with Crippen molar-refractivity contribution in [3.8, 4) is 0 Å². The molecule has 0 saturated carbocycles. The Hall–Kier alpha value is -2.01. The zero-order valence-electron chi connectivity index (χ0n) is 10.7. The highest BCUT2D eigenvalue weighted by Crippen LogP contribution is 2.18. The van der Waals surface area contributed by atoms with Gasteiger partial charge in [0, 0.05) is 11.1 Å². The SMILES string of the molecule is CC(C)c1nc(C=Cc2cccs2)ncc1C(=O)O. The van der Waals surface area contributed by atoms with E-state index in [2.05, 4.69) is 9.97 Å². The standard InChI is InChI=1S/C14H14N2O2S/c1-9(2)13-11(14(17)18)8-15-12(16-13)6-5-10-4-3-7-19-10/h3-9H,1-2H3,(H,17,18). The Labute approximate surface area is 115 Å². The van der Waals surface area contributed by atoms with Crippen LogP contribution < -0.4 is 0 Å². The highest BCUT2D eigenvalue weighted by Gasteiger charge is 2.15. The van der Waals surface area contributed by atoms with Crippen molar-refractivity contribution in [3.63, 3.8) is 0 Å². The average molecular weight is 274 g/mol. The average Bonchev–Trinajstić information content (AvgIpc) is 2.88. The molecule has 0 unspecified atom stereocenters. The van der Waals surface area contributed by atoms with E-state index in [-0.39, 0.29) is 11.5 Å². The Balaban J connectivity index is 2.33. The number of hydrogen-bond donors (Lipinski definition) is 1. The molecule has 0 amide bonds. The first-order valence-corrected chi connectivity index (χ1v) is 6.77. The molecule has 0 saturated heterocycles. The van der Waals surface area contributed by atoms with E-state index in [4.69, 9.17) is 5.11 Å². The number of thiophene rings is 1. The van der Waals surface area contributed by atoms with Crippen molar-refractivity contribution in [1.82, 2.24) is 9.97 Å². The maximum absolute atomic E-state index is 11.1. The van der Waals surface area contributed by atoms with Gasteiger partial charge in [0.05, 0.1) is 11.3 Å². The van der Waals surface area contributed by atoms with Crippen LogP contribution in [0.5, 0.6) is 0 Å². The van der Waals surface area contributed by atoms with Crippen LogP contribution in [0.1, 0.15) is 46.5 Å². The first kappa shape index (κ1) is 13.4. The van der Waals surface area contributed by atoms with Crippen molar-refractivity contribution in [1.29, 1.82) is 0 Å². The molecular formula is C14H14N2O2S. The molecule has 0 atom stereocenters. The third-order valence-electron chi connectivity index (χ3n) is 2.55. The van der Waals surface area contributed by atoms with Gasteiger partial charge in [0.25, 0.3) is 0 Å². The van der Waals surface area contributed by atoms with Crippen LogP contribution >= 0.6 is 11.3 Å². The fraction of sp³-hybridized carbons (Fsp3) is 0.214. The monoisotopic (exact) mass is 274 g/mol. The lowest BCUT2D eigenvalue weighted by Crippen LogP contribution is -2.08. The van der Waals surface area contributed by atoms with Crippen LogP contribution in [0, 0.1) is 0 Å². The van der Waals surface area contributed by atoms with Gasteiger partial charge in [0.2, 0.25) is 0 Å². The Morgan fingerprint density at radius 3 is 2.79 bits per heavy atom. The van der Waals surface area contributed by atoms with Crippen LogP contribution in [0.2, 0.25) is 0 Å². The van der Waals surface area contributed by atoms with E-state index in [0.717, 1.165) is 4.88 Å². The van der Waals surface area contributed by atoms with Crippen LogP contribution in [0.15, 0.2) is 23.7 Å². The molecule has 2 aromatic heterocycles. The second kappa shape index (κ2) is 5.75. The second-order valence-corrected chi connectivity index (χ2v) is 5.31. The van der Waals surface area contributed by atoms with Gasteiger partial charge in [-0.05, 0) is 29.5 Å². The van der Waals surface area contributed by atoms with E-state index in [1.807, 2.05) is 37.4 Å². The molecule has 0 aromatic carbocycles. The lowest BCUT2D eigenvalue weighted by Gasteiger charge is -2.08. The second-order valence-electron chi connectivity index (χ2n) is 4.34. The van der Waals surface area contributed by atoms with Gasteiger partial charge in [-0.1, -0.05) is 19.9 Å². The molecule has 0 radical (unpaired) electrons. The molecule has 19 heavy (non-hydrogen) atoms. The summed E-state index contributed by atoms with van der Waals surface area (Å²) in [4.78, 5) is 20.6. The highest BCUT2D eigenvalue weighted by atomic mass is 32.1. The summed E-state index contributed by atoms with van der Waals surface area (Å²) in [5.41, 5.74) is 0.733. The van der Waals surface area contributed by atoms with Gasteiger partial charge in [-0.25, -0.2) is 14.8 Å². The maximum Gasteiger partial charge on any atom is 0.339 e. The minimum Gasteiger partial charge on any atom is -0.478 e. The third kappa shape index (κ3) is 3.26. The van der Waals surface area contributed by atoms with Crippen molar-refractivity contribution in [2.75, 3.05) is 0 Å². The summed E-state index contributed by atoms with van der Waals surface area (Å²) in [6, 6.07) is 3.97. The van der Waals surface area contributed by atoms with Crippen molar-refractivity contribution >= 4 is 29.5 Å². The van der Waals surface area contributed by atoms with Gasteiger partial charge < -0.3 is 5.11 Å². The van der Waals surface area contributed by atoms with Crippen LogP contribution in [0.4, 0.5) is 0 Å². The molecule has 0 spiro atoms. The summed E-state index contributed by atoms with van der Waals surface area (Å²) < 4.78 is 0. The molecule has 2 rings (SSSR count). The molecule has 0 fully saturated rings. The van der Waals surface area contributed by atoms with Gasteiger partial charge in [0.15, 0.2) is 5.82 Å². The van der Waals surface area contributed by atoms with Gasteiger partial charge in [0.1, 0.15) is 0 Å². The number of aromatic nitrogens is 2. The lowest BCUT2D eigenvalue weighted by molar-refractivity contribution is 0.0694. The molecule has 0 aliphatic rings. The van der Waals surface area contributed by atoms with E-state index in [1.54, 1.807) is 17.4 Å². The number of aromatic carboxylic acids is 1. The summed E-state index contributed by atoms with van der Waals surface area (Å²) in [7, 11) is 0. The minimum absolute atomic E-state index is 0.0444. The van der Waals surface area contributed by atoms with Crippen LogP contribution in [-0.4, -0.2) is 21.0 Å². The molecule has 2 heterocycles. The molecule has 4 nitrogen and oxygen atoms in total. The fourth-order valence-corrected chi connectivity index (χ4v) is 2.26. The number of hydrogen-bond acceptors (Lipinski definition) is 4. The van der Waals surface area contributed by atoms with Crippen molar-refractivity contribution in [2.24, 2.45) is 0 Å². The summed E-state index contributed by atoms with van der Waals surface area (Å²) in [6.07, 6.45) is 5.09. The van der Waals surface area contributed by atoms with E-state index in [1.165, 1.54) is 6.20 Å². The maximum atomic E-state index is 11.1. The Kier molecular flexibility index (Phi) is 4.06. The molecular weight excluding hydrogens is 260 g/mol. The van der Waals surface area contributed by atoms with Crippen LogP contribution in [0.25, 0.3) is 12.2 Å². The largest absolute Gasteiger partial charge is 0.478 e. The summed E-state index contributed by atoms with van der Waals surface area (Å²) in [5, 5.41) is 11.1. The molecule has 1 N–H and O–H groups in total. The van der Waals surface area contributed by atoms with E-state index < -0.39 is 5.97 Å². The summed E-state index contributed by atoms with van der Waals surface area (Å²) in [6.45, 7) is 3.84. The van der Waals surface area contributed by atoms with Crippen LogP contribution in [0.3, 0.4) is 0 Å². The summed E-state index contributed by atoms with van der Waals surface area (Å²) in [5.74, 6) is -0.414. The van der Waals surface area contributed by atoms with E-state index >= 15 is 0 Å². The van der Waals surface area contributed by atoms with Crippen molar-refractivity contribution in [2.45, 2.75) is 19.8 Å². The van der Waals surface area contributed by atoms with E-state index in [0.29, 0.717) is 11.5 Å². The van der Waals surface area contributed by atoms with Crippen LogP contribution in [-0.2, 0) is 0 Å². The fourth-order valence-electron chi connectivity index (χ4n) is 1.64. The molecule has 0 aliphatic heterocycles. The number of carbonyl (C=O) groups is 1. The smallest absolute Gasteiger partial charge is 0.339 e. The third-order valence-corrected chi connectivity index (χ3v) is 3.39. The normalized spacial score (nSPS) is 11.3. The molecule has 0 bridgehead atoms. The number of carboxylic acids is 1. The molecule has 2 aromatic rings. The van der Waals surface area contributed by atoms with Crippen molar-refractivity contribution in [3.05, 3.63) is 45.7 Å². The predicted octanol–water partition coefficient (Wildman–Crippen LogP) is 3.53. The summed E-state index contributed by atoms with van der Waals surface area (Å²) >= 11 is 1.62. The van der Waals surface area contributed by atoms with Gasteiger partial charge in [-0.3, -0.25) is 0 Å². The van der Waals surface area contributed by atoms with Gasteiger partial charge in [-0.15, -0.1) is 11.3 Å². The Bertz CT molecular complexity index is 604. The molecule has 5 heteroatoms. The topological polar surface area (TPSA) is 63.1 Å². The minimum atomic E-state index is -0.988. The Morgan fingerprint density at radius 2 is 2.21 bits per heavy atom. The number of nitrogens with zero attached hydrogens (tertiary/aromatic N) is 2. The zero-order valence-corrected chi connectivity index (χ0v) is 11.5. The molecule has 0 aliphatic carbocycles. The first-order chi connectivity index (χ1) is 9.08. The Morgan fingerprint density at radius 1 is 1.42 bits per heavy atom. The van der Waals surface area contributed by atoms with Crippen molar-refractivity contribution < 1.29 is 9.90 Å².